The molecule has 2 heterocycles. The van der Waals surface area contributed by atoms with Gasteiger partial charge in [-0.2, -0.15) is 0 Å². The summed E-state index contributed by atoms with van der Waals surface area (Å²) >= 11 is 0. The van der Waals surface area contributed by atoms with Gasteiger partial charge in [-0.1, -0.05) is 42.5 Å². The highest BCUT2D eigenvalue weighted by molar-refractivity contribution is 5.76. The number of morpholine rings is 1. The average Bonchev–Trinajstić information content (AvgIpc) is 3.11. The number of hydrogen-bond donors (Lipinski definition) is 1. The van der Waals surface area contributed by atoms with Crippen LogP contribution in [0.4, 0.5) is 0 Å². The monoisotopic (exact) mass is 365 g/mol. The fraction of sp³-hybridized carbons (Fsp3) is 0.333. The highest BCUT2D eigenvalue weighted by atomic mass is 16.5. The molecule has 1 N–H and O–H groups in total. The number of carbonyl (C=O) groups excluding carboxylic acids is 1. The number of ether oxygens (including phenoxy) is 1. The standard InChI is InChI=1S/C21H23N3O3/c25-20(22-13-21-23-18-8-4-5-9-19(18)27-21)12-17-15-24(10-11-26-17)14-16-6-2-1-3-7-16/h1-9,17H,10-15H2,(H,22,25)/t17-/m1/s1. The lowest BCUT2D eigenvalue weighted by atomic mass is 10.1. The zero-order valence-electron chi connectivity index (χ0n) is 15.1. The minimum atomic E-state index is -0.0916. The Balaban J connectivity index is 1.26. The number of amides is 1. The molecule has 140 valence electrons. The smallest absolute Gasteiger partial charge is 0.223 e. The first-order valence-corrected chi connectivity index (χ1v) is 9.25. The molecule has 1 saturated heterocycles. The van der Waals surface area contributed by atoms with Crippen molar-refractivity contribution in [2.75, 3.05) is 19.7 Å². The first-order valence-electron chi connectivity index (χ1n) is 9.25. The lowest BCUT2D eigenvalue weighted by Gasteiger charge is -2.32. The van der Waals surface area contributed by atoms with E-state index in [4.69, 9.17) is 9.15 Å². The molecule has 2 aromatic carbocycles. The molecule has 0 bridgehead atoms. The fourth-order valence-corrected chi connectivity index (χ4v) is 3.34. The van der Waals surface area contributed by atoms with Crippen LogP contribution in [0.5, 0.6) is 0 Å². The van der Waals surface area contributed by atoms with Crippen LogP contribution >= 0.6 is 0 Å². The van der Waals surface area contributed by atoms with E-state index in [0.717, 1.165) is 30.7 Å². The minimum absolute atomic E-state index is 0.0520. The topological polar surface area (TPSA) is 67.6 Å². The number of carbonyl (C=O) groups is 1. The van der Waals surface area contributed by atoms with Gasteiger partial charge < -0.3 is 14.5 Å². The molecule has 0 saturated carbocycles. The van der Waals surface area contributed by atoms with E-state index >= 15 is 0 Å². The van der Waals surface area contributed by atoms with E-state index in [-0.39, 0.29) is 18.6 Å². The number of aromatic nitrogens is 1. The van der Waals surface area contributed by atoms with Gasteiger partial charge in [0.15, 0.2) is 5.58 Å². The second kappa shape index (κ2) is 8.33. The van der Waals surface area contributed by atoms with Gasteiger partial charge in [0.1, 0.15) is 5.52 Å². The largest absolute Gasteiger partial charge is 0.439 e. The van der Waals surface area contributed by atoms with Crippen molar-refractivity contribution in [3.05, 3.63) is 66.1 Å². The molecule has 27 heavy (non-hydrogen) atoms. The summed E-state index contributed by atoms with van der Waals surface area (Å²) in [5, 5.41) is 2.88. The lowest BCUT2D eigenvalue weighted by molar-refractivity contribution is -0.126. The Hall–Kier alpha value is -2.70. The third-order valence-corrected chi connectivity index (χ3v) is 4.66. The minimum Gasteiger partial charge on any atom is -0.439 e. The zero-order valence-corrected chi connectivity index (χ0v) is 15.1. The van der Waals surface area contributed by atoms with E-state index in [1.807, 2.05) is 42.5 Å². The number of para-hydroxylation sites is 2. The van der Waals surface area contributed by atoms with Gasteiger partial charge in [0.25, 0.3) is 0 Å². The Kier molecular flexibility index (Phi) is 5.46. The first kappa shape index (κ1) is 17.7. The van der Waals surface area contributed by atoms with Crippen LogP contribution in [0.1, 0.15) is 17.9 Å². The first-order chi connectivity index (χ1) is 13.3. The Morgan fingerprint density at radius 3 is 2.81 bits per heavy atom. The molecule has 0 unspecified atom stereocenters. The number of rotatable bonds is 6. The van der Waals surface area contributed by atoms with E-state index in [2.05, 4.69) is 27.3 Å². The molecule has 0 spiro atoms. The van der Waals surface area contributed by atoms with Crippen molar-refractivity contribution in [1.82, 2.24) is 15.2 Å². The van der Waals surface area contributed by atoms with Crippen LogP contribution in [0.15, 0.2) is 59.0 Å². The summed E-state index contributed by atoms with van der Waals surface area (Å²) in [6, 6.07) is 17.9. The van der Waals surface area contributed by atoms with Crippen molar-refractivity contribution in [3.63, 3.8) is 0 Å². The highest BCUT2D eigenvalue weighted by Gasteiger charge is 2.23. The van der Waals surface area contributed by atoms with Gasteiger partial charge in [0, 0.05) is 19.6 Å². The summed E-state index contributed by atoms with van der Waals surface area (Å²) in [5.41, 5.74) is 2.81. The lowest BCUT2D eigenvalue weighted by Crippen LogP contribution is -2.44. The van der Waals surface area contributed by atoms with Crippen molar-refractivity contribution in [2.24, 2.45) is 0 Å². The Bertz CT molecular complexity index is 861. The summed E-state index contributed by atoms with van der Waals surface area (Å²) in [5.74, 6) is 0.462. The molecule has 3 aromatic rings. The maximum Gasteiger partial charge on any atom is 0.223 e. The van der Waals surface area contributed by atoms with Gasteiger partial charge >= 0.3 is 0 Å². The number of hydrogen-bond acceptors (Lipinski definition) is 5. The van der Waals surface area contributed by atoms with Gasteiger partial charge in [-0.3, -0.25) is 9.69 Å². The quantitative estimate of drug-likeness (QED) is 0.727. The van der Waals surface area contributed by atoms with E-state index in [1.54, 1.807) is 0 Å². The summed E-state index contributed by atoms with van der Waals surface area (Å²) in [7, 11) is 0. The predicted molar refractivity (Wildman–Crippen MR) is 102 cm³/mol. The normalized spacial score (nSPS) is 17.9. The van der Waals surface area contributed by atoms with E-state index in [0.29, 0.717) is 18.9 Å². The van der Waals surface area contributed by atoms with Gasteiger partial charge in [0.05, 0.1) is 25.7 Å². The molecule has 1 aromatic heterocycles. The molecule has 0 aliphatic carbocycles. The van der Waals surface area contributed by atoms with Crippen molar-refractivity contribution in [2.45, 2.75) is 25.6 Å². The molecule has 1 amide bonds. The number of oxazole rings is 1. The summed E-state index contributed by atoms with van der Waals surface area (Å²) in [4.78, 5) is 19.0. The number of benzene rings is 2. The van der Waals surface area contributed by atoms with Crippen LogP contribution in [-0.4, -0.2) is 41.6 Å². The molecule has 1 atom stereocenters. The maximum absolute atomic E-state index is 12.3. The van der Waals surface area contributed by atoms with Crippen LogP contribution in [0.25, 0.3) is 11.1 Å². The van der Waals surface area contributed by atoms with E-state index in [9.17, 15) is 4.79 Å². The molecule has 4 rings (SSSR count). The summed E-state index contributed by atoms with van der Waals surface area (Å²) in [6.45, 7) is 3.45. The molecule has 1 fully saturated rings. The third kappa shape index (κ3) is 4.72. The Morgan fingerprint density at radius 1 is 1.15 bits per heavy atom. The van der Waals surface area contributed by atoms with Crippen molar-refractivity contribution >= 4 is 17.0 Å². The molecule has 6 nitrogen and oxygen atoms in total. The summed E-state index contributed by atoms with van der Waals surface area (Å²) in [6.07, 6.45) is 0.247. The van der Waals surface area contributed by atoms with Crippen molar-refractivity contribution in [3.8, 4) is 0 Å². The van der Waals surface area contributed by atoms with Crippen LogP contribution in [0, 0.1) is 0 Å². The van der Waals surface area contributed by atoms with E-state index in [1.165, 1.54) is 5.56 Å². The van der Waals surface area contributed by atoms with Gasteiger partial charge in [-0.25, -0.2) is 4.98 Å². The molecule has 1 aliphatic rings. The van der Waals surface area contributed by atoms with Crippen LogP contribution in [0.3, 0.4) is 0 Å². The van der Waals surface area contributed by atoms with E-state index < -0.39 is 0 Å². The van der Waals surface area contributed by atoms with Crippen molar-refractivity contribution < 1.29 is 13.9 Å². The second-order valence-corrected chi connectivity index (χ2v) is 6.77. The second-order valence-electron chi connectivity index (χ2n) is 6.77. The Morgan fingerprint density at radius 2 is 1.96 bits per heavy atom. The van der Waals surface area contributed by atoms with Crippen LogP contribution in [0.2, 0.25) is 0 Å². The van der Waals surface area contributed by atoms with Crippen LogP contribution < -0.4 is 5.32 Å². The molecule has 0 radical (unpaired) electrons. The zero-order chi connectivity index (χ0) is 18.5. The Labute approximate surface area is 158 Å². The van der Waals surface area contributed by atoms with Gasteiger partial charge in [-0.15, -0.1) is 0 Å². The molecular weight excluding hydrogens is 342 g/mol. The predicted octanol–water partition coefficient (Wildman–Crippen LogP) is 2.74. The van der Waals surface area contributed by atoms with Gasteiger partial charge in [0.2, 0.25) is 11.8 Å². The molecular formula is C21H23N3O3. The number of fused-ring (bicyclic) bond motifs is 1. The van der Waals surface area contributed by atoms with Crippen LogP contribution in [-0.2, 0) is 22.6 Å². The van der Waals surface area contributed by atoms with Gasteiger partial charge in [-0.05, 0) is 17.7 Å². The third-order valence-electron chi connectivity index (χ3n) is 4.66. The fourth-order valence-electron chi connectivity index (χ4n) is 3.34. The summed E-state index contributed by atoms with van der Waals surface area (Å²) < 4.78 is 11.4. The van der Waals surface area contributed by atoms with Crippen molar-refractivity contribution in [1.29, 1.82) is 0 Å². The SMILES string of the molecule is O=C(C[C@@H]1CN(Cc2ccccc2)CCO1)NCc1nc2ccccc2o1. The number of nitrogens with one attached hydrogen (secondary N) is 1. The molecule has 1 aliphatic heterocycles. The maximum atomic E-state index is 12.3. The average molecular weight is 365 g/mol. The number of nitrogens with zero attached hydrogens (tertiary/aromatic N) is 2. The molecule has 6 heteroatoms. The highest BCUT2D eigenvalue weighted by Crippen LogP contribution is 2.15.